The van der Waals surface area contributed by atoms with E-state index in [0.29, 0.717) is 17.8 Å². The zero-order chi connectivity index (χ0) is 16.8. The second kappa shape index (κ2) is 7.52. The molecular formula is C18H18FN3O. The Morgan fingerprint density at radius 3 is 2.74 bits per heavy atom. The lowest BCUT2D eigenvalue weighted by molar-refractivity contribution is -0.120. The first kappa shape index (κ1) is 16.7. The highest BCUT2D eigenvalue weighted by molar-refractivity contribution is 5.95. The molecule has 1 amide bonds. The maximum Gasteiger partial charge on any atom is 0.241 e. The number of anilines is 1. The summed E-state index contributed by atoms with van der Waals surface area (Å²) in [6.07, 6.45) is 0. The molecule has 5 heteroatoms. The van der Waals surface area contributed by atoms with Crippen molar-refractivity contribution in [3.63, 3.8) is 0 Å². The van der Waals surface area contributed by atoms with Crippen LogP contribution in [-0.2, 0) is 11.3 Å². The van der Waals surface area contributed by atoms with Crippen LogP contribution in [0, 0.1) is 17.1 Å². The second-order valence-corrected chi connectivity index (χ2v) is 5.37. The van der Waals surface area contributed by atoms with Gasteiger partial charge < -0.3 is 5.32 Å². The first-order valence-corrected chi connectivity index (χ1v) is 7.26. The minimum Gasteiger partial charge on any atom is -0.324 e. The maximum absolute atomic E-state index is 13.2. The number of rotatable bonds is 5. The number of benzene rings is 2. The molecule has 4 nitrogen and oxygen atoms in total. The van der Waals surface area contributed by atoms with Crippen molar-refractivity contribution in [1.29, 1.82) is 5.26 Å². The van der Waals surface area contributed by atoms with Crippen molar-refractivity contribution >= 4 is 11.6 Å². The van der Waals surface area contributed by atoms with Crippen LogP contribution in [-0.4, -0.2) is 23.9 Å². The normalized spacial score (nSPS) is 11.8. The van der Waals surface area contributed by atoms with Crippen molar-refractivity contribution < 1.29 is 9.18 Å². The summed E-state index contributed by atoms with van der Waals surface area (Å²) in [4.78, 5) is 14.2. The van der Waals surface area contributed by atoms with Crippen molar-refractivity contribution in [3.05, 3.63) is 65.5 Å². The van der Waals surface area contributed by atoms with Crippen LogP contribution < -0.4 is 5.32 Å². The predicted octanol–water partition coefficient (Wildman–Crippen LogP) is 3.16. The molecule has 0 unspecified atom stereocenters. The van der Waals surface area contributed by atoms with Crippen LogP contribution in [0.2, 0.25) is 0 Å². The molecule has 0 aromatic heterocycles. The van der Waals surface area contributed by atoms with Gasteiger partial charge in [0.15, 0.2) is 0 Å². The molecule has 2 aromatic carbocycles. The monoisotopic (exact) mass is 311 g/mol. The summed E-state index contributed by atoms with van der Waals surface area (Å²) in [5, 5.41) is 11.8. The first-order chi connectivity index (χ1) is 11.0. The lowest BCUT2D eigenvalue weighted by Gasteiger charge is -2.24. The van der Waals surface area contributed by atoms with Gasteiger partial charge in [-0.05, 0) is 43.8 Å². The average Bonchev–Trinajstić information content (AvgIpc) is 2.54. The molecule has 23 heavy (non-hydrogen) atoms. The molecule has 0 bridgehead atoms. The zero-order valence-electron chi connectivity index (χ0n) is 13.1. The SMILES string of the molecule is C[C@H](C(=O)Nc1ccccc1C#N)N(C)Cc1cccc(F)c1. The summed E-state index contributed by atoms with van der Waals surface area (Å²) >= 11 is 0. The van der Waals surface area contributed by atoms with E-state index in [1.54, 1.807) is 44.3 Å². The average molecular weight is 311 g/mol. The van der Waals surface area contributed by atoms with E-state index < -0.39 is 6.04 Å². The molecule has 1 N–H and O–H groups in total. The van der Waals surface area contributed by atoms with E-state index in [2.05, 4.69) is 5.32 Å². The van der Waals surface area contributed by atoms with Gasteiger partial charge in [0.25, 0.3) is 0 Å². The lowest BCUT2D eigenvalue weighted by atomic mass is 10.1. The Kier molecular flexibility index (Phi) is 5.45. The van der Waals surface area contributed by atoms with Crippen LogP contribution in [0.1, 0.15) is 18.1 Å². The molecule has 0 saturated heterocycles. The van der Waals surface area contributed by atoms with Crippen molar-refractivity contribution in [2.24, 2.45) is 0 Å². The third kappa shape index (κ3) is 4.38. The summed E-state index contributed by atoms with van der Waals surface area (Å²) in [6.45, 7) is 2.22. The number of carbonyl (C=O) groups is 1. The number of likely N-dealkylation sites (N-methyl/N-ethyl adjacent to an activating group) is 1. The van der Waals surface area contributed by atoms with Gasteiger partial charge in [-0.3, -0.25) is 9.69 Å². The summed E-state index contributed by atoms with van der Waals surface area (Å²) < 4.78 is 13.2. The van der Waals surface area contributed by atoms with E-state index in [-0.39, 0.29) is 11.7 Å². The number of hydrogen-bond donors (Lipinski definition) is 1. The van der Waals surface area contributed by atoms with Crippen molar-refractivity contribution in [2.75, 3.05) is 12.4 Å². The van der Waals surface area contributed by atoms with E-state index in [1.807, 2.05) is 17.0 Å². The zero-order valence-corrected chi connectivity index (χ0v) is 13.1. The van der Waals surface area contributed by atoms with Gasteiger partial charge in [-0.1, -0.05) is 24.3 Å². The van der Waals surface area contributed by atoms with E-state index in [0.717, 1.165) is 5.56 Å². The summed E-state index contributed by atoms with van der Waals surface area (Å²) in [5.74, 6) is -0.512. The van der Waals surface area contributed by atoms with Gasteiger partial charge in [-0.25, -0.2) is 4.39 Å². The van der Waals surface area contributed by atoms with Crippen molar-refractivity contribution in [1.82, 2.24) is 4.90 Å². The third-order valence-corrected chi connectivity index (χ3v) is 3.67. The highest BCUT2D eigenvalue weighted by Crippen LogP contribution is 2.15. The number of para-hydroxylation sites is 1. The van der Waals surface area contributed by atoms with E-state index in [9.17, 15) is 9.18 Å². The largest absolute Gasteiger partial charge is 0.324 e. The van der Waals surface area contributed by atoms with E-state index in [4.69, 9.17) is 5.26 Å². The molecular weight excluding hydrogens is 293 g/mol. The van der Waals surface area contributed by atoms with Crippen molar-refractivity contribution in [2.45, 2.75) is 19.5 Å². The molecule has 0 spiro atoms. The minimum absolute atomic E-state index is 0.216. The molecule has 1 atom stereocenters. The van der Waals surface area contributed by atoms with Crippen molar-refractivity contribution in [3.8, 4) is 6.07 Å². The van der Waals surface area contributed by atoms with E-state index >= 15 is 0 Å². The topological polar surface area (TPSA) is 56.1 Å². The fourth-order valence-corrected chi connectivity index (χ4v) is 2.19. The Hall–Kier alpha value is -2.71. The number of carbonyl (C=O) groups excluding carboxylic acids is 1. The van der Waals surface area contributed by atoms with Crippen LogP contribution in [0.4, 0.5) is 10.1 Å². The van der Waals surface area contributed by atoms with Crippen LogP contribution in [0.15, 0.2) is 48.5 Å². The molecule has 0 saturated carbocycles. The number of halogens is 1. The van der Waals surface area contributed by atoms with Crippen LogP contribution >= 0.6 is 0 Å². The number of nitrogens with one attached hydrogen (secondary N) is 1. The standard InChI is InChI=1S/C18H18FN3O/c1-13(22(2)12-14-6-5-8-16(19)10-14)18(23)21-17-9-4-3-7-15(17)11-20/h3-10,13H,12H2,1-2H3,(H,21,23)/t13-/m1/s1. The summed E-state index contributed by atoms with van der Waals surface area (Å²) in [7, 11) is 1.80. The fourth-order valence-electron chi connectivity index (χ4n) is 2.19. The van der Waals surface area contributed by atoms with Gasteiger partial charge in [0, 0.05) is 6.54 Å². The quantitative estimate of drug-likeness (QED) is 0.923. The molecule has 0 radical (unpaired) electrons. The maximum atomic E-state index is 13.2. The Balaban J connectivity index is 2.03. The Bertz CT molecular complexity index is 739. The molecule has 2 rings (SSSR count). The predicted molar refractivity (Wildman–Crippen MR) is 87.1 cm³/mol. The smallest absolute Gasteiger partial charge is 0.241 e. The summed E-state index contributed by atoms with van der Waals surface area (Å²) in [6, 6.07) is 14.8. The van der Waals surface area contributed by atoms with Gasteiger partial charge in [-0.2, -0.15) is 5.26 Å². The minimum atomic E-state index is -0.426. The van der Waals surface area contributed by atoms with Gasteiger partial charge in [0.05, 0.1) is 17.3 Å². The lowest BCUT2D eigenvalue weighted by Crippen LogP contribution is -2.39. The number of nitriles is 1. The number of nitrogens with zero attached hydrogens (tertiary/aromatic N) is 2. The molecule has 118 valence electrons. The molecule has 0 heterocycles. The highest BCUT2D eigenvalue weighted by atomic mass is 19.1. The molecule has 0 aliphatic rings. The number of amides is 1. The Labute approximate surface area is 135 Å². The van der Waals surface area contributed by atoms with Gasteiger partial charge in [0.1, 0.15) is 11.9 Å². The molecule has 2 aromatic rings. The first-order valence-electron chi connectivity index (χ1n) is 7.26. The molecule has 0 aliphatic heterocycles. The fraction of sp³-hybridized carbons (Fsp3) is 0.222. The van der Waals surface area contributed by atoms with Crippen LogP contribution in [0.5, 0.6) is 0 Å². The van der Waals surface area contributed by atoms with Crippen LogP contribution in [0.25, 0.3) is 0 Å². The summed E-state index contributed by atoms with van der Waals surface area (Å²) in [5.41, 5.74) is 1.71. The number of hydrogen-bond acceptors (Lipinski definition) is 3. The van der Waals surface area contributed by atoms with Gasteiger partial charge in [0.2, 0.25) is 5.91 Å². The molecule has 0 aliphatic carbocycles. The third-order valence-electron chi connectivity index (χ3n) is 3.67. The molecule has 0 fully saturated rings. The highest BCUT2D eigenvalue weighted by Gasteiger charge is 2.19. The Morgan fingerprint density at radius 2 is 2.04 bits per heavy atom. The van der Waals surface area contributed by atoms with Crippen LogP contribution in [0.3, 0.4) is 0 Å². The second-order valence-electron chi connectivity index (χ2n) is 5.37. The Morgan fingerprint density at radius 1 is 1.30 bits per heavy atom. The van der Waals surface area contributed by atoms with Gasteiger partial charge >= 0.3 is 0 Å². The van der Waals surface area contributed by atoms with Gasteiger partial charge in [-0.15, -0.1) is 0 Å². The van der Waals surface area contributed by atoms with E-state index in [1.165, 1.54) is 12.1 Å².